The number of thioether (sulfide) groups is 1. The van der Waals surface area contributed by atoms with Gasteiger partial charge in [0.15, 0.2) is 5.78 Å². The van der Waals surface area contributed by atoms with E-state index in [1.807, 2.05) is 6.07 Å². The van der Waals surface area contributed by atoms with E-state index >= 15 is 0 Å². The van der Waals surface area contributed by atoms with Gasteiger partial charge in [-0.1, -0.05) is 6.07 Å². The Morgan fingerprint density at radius 3 is 2.16 bits per heavy atom. The summed E-state index contributed by atoms with van der Waals surface area (Å²) in [6, 6.07) is 19.0. The number of nitrogens with one attached hydrogen (secondary N) is 2. The van der Waals surface area contributed by atoms with Crippen molar-refractivity contribution in [2.45, 2.75) is 11.8 Å². The molecule has 162 valence electrons. The van der Waals surface area contributed by atoms with Crippen molar-refractivity contribution < 1.29 is 19.3 Å². The normalized spacial score (nSPS) is 10.3. The predicted molar refractivity (Wildman–Crippen MR) is 123 cm³/mol. The lowest BCUT2D eigenvalue weighted by molar-refractivity contribution is -0.384. The topological polar surface area (TPSA) is 118 Å². The first-order valence-corrected chi connectivity index (χ1v) is 10.5. The van der Waals surface area contributed by atoms with Crippen molar-refractivity contribution >= 4 is 46.4 Å². The highest BCUT2D eigenvalue weighted by molar-refractivity contribution is 8.00. The summed E-state index contributed by atoms with van der Waals surface area (Å²) in [4.78, 5) is 46.9. The van der Waals surface area contributed by atoms with Gasteiger partial charge >= 0.3 is 0 Å². The largest absolute Gasteiger partial charge is 0.325 e. The number of non-ortho nitro benzene ring substituents is 1. The highest BCUT2D eigenvalue weighted by Gasteiger charge is 2.11. The van der Waals surface area contributed by atoms with Gasteiger partial charge in [-0.25, -0.2) is 0 Å². The van der Waals surface area contributed by atoms with Crippen molar-refractivity contribution in [3.8, 4) is 0 Å². The van der Waals surface area contributed by atoms with Crippen molar-refractivity contribution in [1.82, 2.24) is 0 Å². The third-order valence-electron chi connectivity index (χ3n) is 4.38. The maximum Gasteiger partial charge on any atom is 0.269 e. The highest BCUT2D eigenvalue weighted by Crippen LogP contribution is 2.23. The number of Topliss-reactive ketones (excluding diaryl/α,β-unsaturated/α-hetero) is 1. The summed E-state index contributed by atoms with van der Waals surface area (Å²) in [5, 5.41) is 16.2. The molecule has 3 aromatic rings. The number of nitro groups is 1. The van der Waals surface area contributed by atoms with Gasteiger partial charge in [0.1, 0.15) is 0 Å². The van der Waals surface area contributed by atoms with Crippen molar-refractivity contribution in [3.63, 3.8) is 0 Å². The van der Waals surface area contributed by atoms with E-state index in [1.165, 1.54) is 43.0 Å². The third kappa shape index (κ3) is 6.26. The molecular weight excluding hydrogens is 430 g/mol. The van der Waals surface area contributed by atoms with E-state index in [1.54, 1.807) is 42.5 Å². The van der Waals surface area contributed by atoms with Crippen LogP contribution in [0.5, 0.6) is 0 Å². The van der Waals surface area contributed by atoms with E-state index in [4.69, 9.17) is 0 Å². The summed E-state index contributed by atoms with van der Waals surface area (Å²) in [5.74, 6) is -0.479. The number of carbonyl (C=O) groups excluding carboxylic acids is 3. The summed E-state index contributed by atoms with van der Waals surface area (Å²) < 4.78 is 0. The molecule has 0 bridgehead atoms. The van der Waals surface area contributed by atoms with Crippen molar-refractivity contribution in [1.29, 1.82) is 0 Å². The minimum absolute atomic E-state index is 0.0426. The van der Waals surface area contributed by atoms with E-state index in [-0.39, 0.29) is 23.1 Å². The maximum absolute atomic E-state index is 12.4. The molecule has 0 saturated carbocycles. The number of amides is 2. The first kappa shape index (κ1) is 22.7. The van der Waals surface area contributed by atoms with Crippen molar-refractivity contribution in [2.24, 2.45) is 0 Å². The number of hydrogen-bond donors (Lipinski definition) is 2. The minimum Gasteiger partial charge on any atom is -0.325 e. The molecule has 3 aromatic carbocycles. The van der Waals surface area contributed by atoms with Gasteiger partial charge in [-0.3, -0.25) is 24.5 Å². The molecule has 0 aliphatic carbocycles. The predicted octanol–water partition coefficient (Wildman–Crippen LogP) is 4.78. The van der Waals surface area contributed by atoms with Gasteiger partial charge < -0.3 is 10.6 Å². The molecule has 8 nitrogen and oxygen atoms in total. The van der Waals surface area contributed by atoms with Gasteiger partial charge in [0.05, 0.1) is 10.7 Å². The molecule has 0 saturated heterocycles. The molecule has 0 aromatic heterocycles. The molecule has 9 heteroatoms. The fraction of sp³-hybridized carbons (Fsp3) is 0.0870. The van der Waals surface area contributed by atoms with Crippen LogP contribution in [0.3, 0.4) is 0 Å². The lowest BCUT2D eigenvalue weighted by atomic mass is 10.1. The van der Waals surface area contributed by atoms with Crippen LogP contribution in [0, 0.1) is 10.1 Å². The number of hydrogen-bond acceptors (Lipinski definition) is 6. The van der Waals surface area contributed by atoms with E-state index in [0.29, 0.717) is 22.5 Å². The standard InChI is InChI=1S/C23H19N3O5S/c1-15(27)16-5-9-18(10-6-16)24-22(28)14-32-21-4-2-3-19(13-21)25-23(29)17-7-11-20(12-8-17)26(30)31/h2-13H,14H2,1H3,(H,24,28)(H,25,29). The lowest BCUT2D eigenvalue weighted by Crippen LogP contribution is -2.14. The van der Waals surface area contributed by atoms with Crippen LogP contribution in [0.2, 0.25) is 0 Å². The zero-order valence-electron chi connectivity index (χ0n) is 17.0. The Kier molecular flexibility index (Phi) is 7.35. The molecule has 3 rings (SSSR count). The molecule has 0 aliphatic rings. The highest BCUT2D eigenvalue weighted by atomic mass is 32.2. The summed E-state index contributed by atoms with van der Waals surface area (Å²) in [6.45, 7) is 1.48. The van der Waals surface area contributed by atoms with Crippen LogP contribution in [0.1, 0.15) is 27.6 Å². The van der Waals surface area contributed by atoms with Crippen LogP contribution >= 0.6 is 11.8 Å². The molecule has 0 radical (unpaired) electrons. The molecule has 0 aliphatic heterocycles. The van der Waals surface area contributed by atoms with Gasteiger partial charge in [-0.15, -0.1) is 11.8 Å². The van der Waals surface area contributed by atoms with Gasteiger partial charge in [-0.2, -0.15) is 0 Å². The summed E-state index contributed by atoms with van der Waals surface area (Å²) >= 11 is 1.31. The van der Waals surface area contributed by atoms with Crippen LogP contribution < -0.4 is 10.6 Å². The number of nitro benzene ring substituents is 1. The molecule has 2 N–H and O–H groups in total. The quantitative estimate of drug-likeness (QED) is 0.221. The molecule has 0 fully saturated rings. The van der Waals surface area contributed by atoms with E-state index < -0.39 is 10.8 Å². The molecule has 2 amide bonds. The van der Waals surface area contributed by atoms with Crippen LogP contribution in [0.25, 0.3) is 0 Å². The number of anilines is 2. The number of rotatable bonds is 8. The van der Waals surface area contributed by atoms with Gasteiger partial charge in [-0.05, 0) is 61.5 Å². The van der Waals surface area contributed by atoms with Crippen LogP contribution in [0.15, 0.2) is 77.7 Å². The van der Waals surface area contributed by atoms with Crippen LogP contribution in [-0.4, -0.2) is 28.3 Å². The Labute approximate surface area is 188 Å². The second kappa shape index (κ2) is 10.4. The summed E-state index contributed by atoms with van der Waals surface area (Å²) in [6.07, 6.45) is 0. The zero-order chi connectivity index (χ0) is 23.1. The smallest absolute Gasteiger partial charge is 0.269 e. The van der Waals surface area contributed by atoms with E-state index in [9.17, 15) is 24.5 Å². The molecular formula is C23H19N3O5S. The van der Waals surface area contributed by atoms with E-state index in [2.05, 4.69) is 10.6 Å². The number of ketones is 1. The van der Waals surface area contributed by atoms with Crippen LogP contribution in [-0.2, 0) is 4.79 Å². The SMILES string of the molecule is CC(=O)c1ccc(NC(=O)CSc2cccc(NC(=O)c3ccc([N+](=O)[O-])cc3)c2)cc1. The lowest BCUT2D eigenvalue weighted by Gasteiger charge is -2.08. The number of carbonyl (C=O) groups is 3. The van der Waals surface area contributed by atoms with Gasteiger partial charge in [0, 0.05) is 39.5 Å². The maximum atomic E-state index is 12.4. The fourth-order valence-electron chi connectivity index (χ4n) is 2.74. The third-order valence-corrected chi connectivity index (χ3v) is 5.37. The Morgan fingerprint density at radius 1 is 0.875 bits per heavy atom. The minimum atomic E-state index is -0.528. The van der Waals surface area contributed by atoms with Crippen molar-refractivity contribution in [2.75, 3.05) is 16.4 Å². The first-order chi connectivity index (χ1) is 15.3. The van der Waals surface area contributed by atoms with E-state index in [0.717, 1.165) is 4.90 Å². The van der Waals surface area contributed by atoms with Crippen LogP contribution in [0.4, 0.5) is 17.1 Å². The zero-order valence-corrected chi connectivity index (χ0v) is 17.8. The monoisotopic (exact) mass is 449 g/mol. The van der Waals surface area contributed by atoms with Gasteiger partial charge in [0.2, 0.25) is 5.91 Å². The molecule has 0 heterocycles. The molecule has 0 unspecified atom stereocenters. The fourth-order valence-corrected chi connectivity index (χ4v) is 3.49. The summed E-state index contributed by atoms with van der Waals surface area (Å²) in [5.41, 5.74) is 1.92. The Hall–Kier alpha value is -3.98. The van der Waals surface area contributed by atoms with Gasteiger partial charge in [0.25, 0.3) is 11.6 Å². The van der Waals surface area contributed by atoms with Crippen molar-refractivity contribution in [3.05, 3.63) is 94.0 Å². The average Bonchev–Trinajstić information content (AvgIpc) is 2.78. The number of nitrogens with zero attached hydrogens (tertiary/aromatic N) is 1. The Morgan fingerprint density at radius 2 is 1.53 bits per heavy atom. The number of benzene rings is 3. The molecule has 32 heavy (non-hydrogen) atoms. The second-order valence-corrected chi connectivity index (χ2v) is 7.81. The molecule has 0 atom stereocenters. The Bertz CT molecular complexity index is 1160. The average molecular weight is 449 g/mol. The summed E-state index contributed by atoms with van der Waals surface area (Å²) in [7, 11) is 0. The first-order valence-electron chi connectivity index (χ1n) is 9.51. The molecule has 0 spiro atoms. The second-order valence-electron chi connectivity index (χ2n) is 6.76. The Balaban J connectivity index is 1.55.